The van der Waals surface area contributed by atoms with Crippen molar-refractivity contribution in [2.75, 3.05) is 18.6 Å². The largest absolute Gasteiger partial charge is 0.507 e. The van der Waals surface area contributed by atoms with E-state index in [1.165, 1.54) is 16.2 Å². The van der Waals surface area contributed by atoms with E-state index in [1.807, 2.05) is 43.3 Å². The molecule has 9 heteroatoms. The second kappa shape index (κ2) is 12.0. The van der Waals surface area contributed by atoms with Crippen molar-refractivity contribution in [3.05, 3.63) is 114 Å². The fraction of sp³-hybridized carbons (Fsp3) is 0.147. The SMILES string of the molecule is CCCOc1cccc(/C(O)=C2\C(=O)C(=O)N(c3nc4ccc(OC)cc4s3)C2c2cccc(Oc3ccccc3)c2)c1. The normalized spacial score (nSPS) is 16.0. The van der Waals surface area contributed by atoms with Gasteiger partial charge in [-0.15, -0.1) is 0 Å². The molecule has 4 aromatic carbocycles. The van der Waals surface area contributed by atoms with Crippen molar-refractivity contribution < 1.29 is 28.9 Å². The van der Waals surface area contributed by atoms with Crippen molar-refractivity contribution in [2.24, 2.45) is 0 Å². The van der Waals surface area contributed by atoms with Gasteiger partial charge in [-0.1, -0.05) is 60.7 Å². The topological polar surface area (TPSA) is 98.2 Å². The maximum Gasteiger partial charge on any atom is 0.301 e. The van der Waals surface area contributed by atoms with Gasteiger partial charge in [0.25, 0.3) is 5.78 Å². The third-order valence-corrected chi connectivity index (χ3v) is 7.99. The lowest BCUT2D eigenvalue weighted by molar-refractivity contribution is -0.132. The smallest absolute Gasteiger partial charge is 0.301 e. The van der Waals surface area contributed by atoms with E-state index in [9.17, 15) is 14.7 Å². The van der Waals surface area contributed by atoms with Crippen molar-refractivity contribution >= 4 is 44.1 Å². The van der Waals surface area contributed by atoms with Gasteiger partial charge >= 0.3 is 5.91 Å². The fourth-order valence-electron chi connectivity index (χ4n) is 4.95. The van der Waals surface area contributed by atoms with Crippen LogP contribution < -0.4 is 19.1 Å². The number of nitrogens with zero attached hydrogens (tertiary/aromatic N) is 2. The summed E-state index contributed by atoms with van der Waals surface area (Å²) >= 11 is 1.26. The molecule has 1 N–H and O–H groups in total. The molecule has 216 valence electrons. The number of carbonyl (C=O) groups excluding carboxylic acids is 2. The van der Waals surface area contributed by atoms with Crippen LogP contribution in [-0.2, 0) is 9.59 Å². The maximum absolute atomic E-state index is 13.7. The Morgan fingerprint density at radius 1 is 0.884 bits per heavy atom. The molecule has 1 fully saturated rings. The van der Waals surface area contributed by atoms with Gasteiger partial charge in [0, 0.05) is 5.56 Å². The highest BCUT2D eigenvalue weighted by molar-refractivity contribution is 7.22. The van der Waals surface area contributed by atoms with Crippen LogP contribution in [0.1, 0.15) is 30.5 Å². The molecule has 6 rings (SSSR count). The molecule has 0 radical (unpaired) electrons. The zero-order valence-electron chi connectivity index (χ0n) is 23.5. The summed E-state index contributed by atoms with van der Waals surface area (Å²) in [4.78, 5) is 33.5. The minimum absolute atomic E-state index is 0.0497. The highest BCUT2D eigenvalue weighted by Gasteiger charge is 2.48. The third kappa shape index (κ3) is 5.54. The van der Waals surface area contributed by atoms with E-state index < -0.39 is 17.7 Å². The highest BCUT2D eigenvalue weighted by atomic mass is 32.1. The molecule has 1 saturated heterocycles. The van der Waals surface area contributed by atoms with Crippen LogP contribution in [0.4, 0.5) is 5.13 Å². The number of amides is 1. The van der Waals surface area contributed by atoms with Crippen LogP contribution in [0.2, 0.25) is 0 Å². The Kier molecular flexibility index (Phi) is 7.81. The number of rotatable bonds is 9. The first-order valence-corrected chi connectivity index (χ1v) is 14.6. The summed E-state index contributed by atoms with van der Waals surface area (Å²) in [6, 6.07) is 27.8. The lowest BCUT2D eigenvalue weighted by Gasteiger charge is -2.23. The van der Waals surface area contributed by atoms with Crippen LogP contribution in [0.25, 0.3) is 16.0 Å². The molecule has 5 aromatic rings. The van der Waals surface area contributed by atoms with Crippen molar-refractivity contribution in [3.8, 4) is 23.0 Å². The Labute approximate surface area is 252 Å². The first-order chi connectivity index (χ1) is 21.0. The molecule has 1 aliphatic rings. The third-order valence-electron chi connectivity index (χ3n) is 6.97. The maximum atomic E-state index is 13.7. The average molecular weight is 593 g/mol. The molecule has 1 amide bonds. The molecule has 1 unspecified atom stereocenters. The molecule has 0 saturated carbocycles. The van der Waals surface area contributed by atoms with Crippen LogP contribution in [-0.4, -0.2) is 35.5 Å². The Hall–Kier alpha value is -5.15. The van der Waals surface area contributed by atoms with E-state index in [1.54, 1.807) is 67.8 Å². The van der Waals surface area contributed by atoms with Gasteiger partial charge in [-0.2, -0.15) is 0 Å². The minimum Gasteiger partial charge on any atom is -0.507 e. The molecular formula is C34H28N2O6S. The lowest BCUT2D eigenvalue weighted by atomic mass is 9.95. The summed E-state index contributed by atoms with van der Waals surface area (Å²) in [5.74, 6) is 0.451. The molecule has 1 aliphatic heterocycles. The summed E-state index contributed by atoms with van der Waals surface area (Å²) in [5, 5.41) is 11.9. The zero-order chi connectivity index (χ0) is 29.9. The molecule has 1 aromatic heterocycles. The molecule has 2 heterocycles. The number of hydrogen-bond donors (Lipinski definition) is 1. The standard InChI is InChI=1S/C34H28N2O6S/c1-3-17-41-25-13-8-10-22(19-25)31(37)29-30(21-9-7-14-26(18-21)42-23-11-5-4-6-12-23)36(33(39)32(29)38)34-35-27-16-15-24(40-2)20-28(27)43-34/h4-16,18-20,30,37H,3,17H2,1-2H3/b31-29+. The van der Waals surface area contributed by atoms with Crippen molar-refractivity contribution in [3.63, 3.8) is 0 Å². The van der Waals surface area contributed by atoms with Crippen LogP contribution in [0.3, 0.4) is 0 Å². The van der Waals surface area contributed by atoms with Crippen molar-refractivity contribution in [1.82, 2.24) is 4.98 Å². The number of thiazole rings is 1. The number of ether oxygens (including phenoxy) is 3. The average Bonchev–Trinajstić information content (AvgIpc) is 3.57. The first kappa shape index (κ1) is 28.0. The van der Waals surface area contributed by atoms with Gasteiger partial charge in [-0.25, -0.2) is 4.98 Å². The number of para-hydroxylation sites is 1. The number of methoxy groups -OCH3 is 1. The quantitative estimate of drug-likeness (QED) is 0.107. The highest BCUT2D eigenvalue weighted by Crippen LogP contribution is 2.45. The molecular weight excluding hydrogens is 564 g/mol. The Bertz CT molecular complexity index is 1850. The number of anilines is 1. The van der Waals surface area contributed by atoms with Gasteiger partial charge in [-0.3, -0.25) is 14.5 Å². The van der Waals surface area contributed by atoms with Crippen LogP contribution >= 0.6 is 11.3 Å². The number of Topliss-reactive ketones (excluding diaryl/α,β-unsaturated/α-hetero) is 1. The summed E-state index contributed by atoms with van der Waals surface area (Å²) in [7, 11) is 1.58. The Morgan fingerprint density at radius 3 is 2.44 bits per heavy atom. The van der Waals surface area contributed by atoms with E-state index in [2.05, 4.69) is 0 Å². The van der Waals surface area contributed by atoms with Crippen LogP contribution in [0.5, 0.6) is 23.0 Å². The number of ketones is 1. The molecule has 43 heavy (non-hydrogen) atoms. The Morgan fingerprint density at radius 2 is 1.65 bits per heavy atom. The number of aromatic nitrogens is 1. The van der Waals surface area contributed by atoms with E-state index in [0.29, 0.717) is 51.4 Å². The predicted octanol–water partition coefficient (Wildman–Crippen LogP) is 7.51. The lowest BCUT2D eigenvalue weighted by Crippen LogP contribution is -2.29. The summed E-state index contributed by atoms with van der Waals surface area (Å²) in [5.41, 5.74) is 1.54. The zero-order valence-corrected chi connectivity index (χ0v) is 24.3. The van der Waals surface area contributed by atoms with E-state index in [0.717, 1.165) is 11.1 Å². The molecule has 1 atom stereocenters. The molecule has 0 aliphatic carbocycles. The predicted molar refractivity (Wildman–Crippen MR) is 166 cm³/mol. The van der Waals surface area contributed by atoms with Gasteiger partial charge in [0.15, 0.2) is 5.13 Å². The van der Waals surface area contributed by atoms with Crippen LogP contribution in [0, 0.1) is 0 Å². The minimum atomic E-state index is -0.970. The summed E-state index contributed by atoms with van der Waals surface area (Å²) in [6.45, 7) is 2.50. The van der Waals surface area contributed by atoms with Gasteiger partial charge in [0.2, 0.25) is 0 Å². The van der Waals surface area contributed by atoms with Crippen molar-refractivity contribution in [2.45, 2.75) is 19.4 Å². The Balaban J connectivity index is 1.50. The molecule has 0 spiro atoms. The molecule has 8 nitrogen and oxygen atoms in total. The monoisotopic (exact) mass is 592 g/mol. The number of aliphatic hydroxyl groups excluding tert-OH is 1. The van der Waals surface area contributed by atoms with E-state index >= 15 is 0 Å². The second-order valence-corrected chi connectivity index (χ2v) is 10.9. The van der Waals surface area contributed by atoms with Gasteiger partial charge < -0.3 is 19.3 Å². The van der Waals surface area contributed by atoms with Crippen LogP contribution in [0.15, 0.2) is 103 Å². The molecule has 0 bridgehead atoms. The number of hydrogen-bond acceptors (Lipinski definition) is 8. The van der Waals surface area contributed by atoms with Gasteiger partial charge in [0.05, 0.1) is 35.5 Å². The van der Waals surface area contributed by atoms with Gasteiger partial charge in [0.1, 0.15) is 28.8 Å². The summed E-state index contributed by atoms with van der Waals surface area (Å²) < 4.78 is 18.0. The fourth-order valence-corrected chi connectivity index (χ4v) is 5.97. The van der Waals surface area contributed by atoms with E-state index in [4.69, 9.17) is 19.2 Å². The second-order valence-electron chi connectivity index (χ2n) is 9.86. The number of aliphatic hydroxyl groups is 1. The number of fused-ring (bicyclic) bond motifs is 1. The number of benzene rings is 4. The van der Waals surface area contributed by atoms with E-state index in [-0.39, 0.29) is 11.3 Å². The summed E-state index contributed by atoms with van der Waals surface area (Å²) in [6.07, 6.45) is 0.816. The van der Waals surface area contributed by atoms with Crippen molar-refractivity contribution in [1.29, 1.82) is 0 Å². The van der Waals surface area contributed by atoms with Gasteiger partial charge in [-0.05, 0) is 66.6 Å². The first-order valence-electron chi connectivity index (χ1n) is 13.8. The number of carbonyl (C=O) groups is 2.